The maximum atomic E-state index is 13.7. The fraction of sp³-hybridized carbons (Fsp3) is 0.571. The molecule has 2 nitrogen and oxygen atoms in total. The second-order valence-corrected chi connectivity index (χ2v) is 6.01. The zero-order valence-corrected chi connectivity index (χ0v) is 12.1. The van der Waals surface area contributed by atoms with Crippen LogP contribution < -0.4 is 10.1 Å². The molecule has 112 valence electrons. The summed E-state index contributed by atoms with van der Waals surface area (Å²) >= 11 is 1.68. The first-order chi connectivity index (χ1) is 9.63. The normalized spacial score (nSPS) is 20.1. The number of ether oxygens (including phenoxy) is 1. The third-order valence-electron chi connectivity index (χ3n) is 3.31. The van der Waals surface area contributed by atoms with E-state index >= 15 is 0 Å². The Labute approximate surface area is 121 Å². The molecule has 0 spiro atoms. The van der Waals surface area contributed by atoms with Gasteiger partial charge in [0, 0.05) is 11.8 Å². The molecular formula is C14H18F3NOS. The summed E-state index contributed by atoms with van der Waals surface area (Å²) in [5, 5.41) is 3.30. The van der Waals surface area contributed by atoms with Crippen LogP contribution in [0.2, 0.25) is 0 Å². The van der Waals surface area contributed by atoms with Crippen molar-refractivity contribution in [2.45, 2.75) is 31.9 Å². The van der Waals surface area contributed by atoms with Gasteiger partial charge in [0.1, 0.15) is 6.10 Å². The van der Waals surface area contributed by atoms with Gasteiger partial charge in [-0.3, -0.25) is 0 Å². The van der Waals surface area contributed by atoms with Crippen molar-refractivity contribution in [2.75, 3.05) is 18.1 Å². The highest BCUT2D eigenvalue weighted by Crippen LogP contribution is 2.26. The van der Waals surface area contributed by atoms with Gasteiger partial charge in [-0.1, -0.05) is 6.92 Å². The summed E-state index contributed by atoms with van der Waals surface area (Å²) < 4.78 is 45.4. The first kappa shape index (κ1) is 15.5. The molecule has 0 bridgehead atoms. The maximum absolute atomic E-state index is 13.7. The molecule has 1 fully saturated rings. The summed E-state index contributed by atoms with van der Waals surface area (Å²) in [5.41, 5.74) is 0. The smallest absolute Gasteiger partial charge is 0.203 e. The first-order valence-electron chi connectivity index (χ1n) is 6.74. The van der Waals surface area contributed by atoms with Crippen molar-refractivity contribution in [1.29, 1.82) is 0 Å². The van der Waals surface area contributed by atoms with Gasteiger partial charge in [-0.25, -0.2) is 8.78 Å². The molecule has 20 heavy (non-hydrogen) atoms. The Morgan fingerprint density at radius 2 is 2.15 bits per heavy atom. The Morgan fingerprint density at radius 1 is 1.35 bits per heavy atom. The van der Waals surface area contributed by atoms with E-state index in [1.807, 2.05) is 6.92 Å². The van der Waals surface area contributed by atoms with E-state index in [1.54, 1.807) is 11.8 Å². The van der Waals surface area contributed by atoms with Crippen molar-refractivity contribution in [2.24, 2.45) is 0 Å². The molecule has 2 unspecified atom stereocenters. The SMILES string of the molecule is CCSCC(Oc1ccc(F)c(F)c1F)C1CCCN1. The van der Waals surface area contributed by atoms with Gasteiger partial charge in [0.2, 0.25) is 5.82 Å². The molecular weight excluding hydrogens is 287 g/mol. The number of halogens is 3. The van der Waals surface area contributed by atoms with Crippen LogP contribution >= 0.6 is 11.8 Å². The topological polar surface area (TPSA) is 21.3 Å². The predicted molar refractivity (Wildman–Crippen MR) is 74.8 cm³/mol. The highest BCUT2D eigenvalue weighted by molar-refractivity contribution is 7.99. The molecule has 6 heteroatoms. The summed E-state index contributed by atoms with van der Waals surface area (Å²) in [6, 6.07) is 2.16. The molecule has 1 aromatic carbocycles. The second kappa shape index (κ2) is 7.22. The molecule has 1 aromatic rings. The Hall–Kier alpha value is -0.880. The lowest BCUT2D eigenvalue weighted by molar-refractivity contribution is 0.174. The minimum atomic E-state index is -1.48. The van der Waals surface area contributed by atoms with Crippen LogP contribution in [0.1, 0.15) is 19.8 Å². The van der Waals surface area contributed by atoms with E-state index in [9.17, 15) is 13.2 Å². The van der Waals surface area contributed by atoms with Gasteiger partial charge >= 0.3 is 0 Å². The van der Waals surface area contributed by atoms with Gasteiger partial charge in [-0.2, -0.15) is 16.2 Å². The summed E-state index contributed by atoms with van der Waals surface area (Å²) in [7, 11) is 0. The number of hydrogen-bond acceptors (Lipinski definition) is 3. The Morgan fingerprint density at radius 3 is 2.80 bits per heavy atom. The number of hydrogen-bond donors (Lipinski definition) is 1. The van der Waals surface area contributed by atoms with E-state index in [2.05, 4.69) is 5.32 Å². The van der Waals surface area contributed by atoms with Crippen LogP contribution in [0.4, 0.5) is 13.2 Å². The minimum absolute atomic E-state index is 0.126. The van der Waals surface area contributed by atoms with Crippen molar-refractivity contribution < 1.29 is 17.9 Å². The average molecular weight is 305 g/mol. The molecule has 0 amide bonds. The number of thioether (sulfide) groups is 1. The molecule has 0 radical (unpaired) electrons. The largest absolute Gasteiger partial charge is 0.485 e. The van der Waals surface area contributed by atoms with Crippen LogP contribution in [-0.4, -0.2) is 30.2 Å². The van der Waals surface area contributed by atoms with Gasteiger partial charge in [0.15, 0.2) is 17.4 Å². The van der Waals surface area contributed by atoms with Crippen molar-refractivity contribution >= 4 is 11.8 Å². The Bertz CT molecular complexity index is 452. The first-order valence-corrected chi connectivity index (χ1v) is 7.90. The van der Waals surface area contributed by atoms with Crippen LogP contribution in [0.3, 0.4) is 0 Å². The average Bonchev–Trinajstić information content (AvgIpc) is 2.97. The van der Waals surface area contributed by atoms with Gasteiger partial charge in [-0.05, 0) is 37.3 Å². The maximum Gasteiger partial charge on any atom is 0.203 e. The quantitative estimate of drug-likeness (QED) is 0.814. The molecule has 1 aliphatic heterocycles. The highest BCUT2D eigenvalue weighted by atomic mass is 32.2. The number of benzene rings is 1. The number of nitrogens with one attached hydrogen (secondary N) is 1. The van der Waals surface area contributed by atoms with E-state index in [1.165, 1.54) is 0 Å². The fourth-order valence-corrected chi connectivity index (χ4v) is 3.03. The van der Waals surface area contributed by atoms with Crippen LogP contribution in [0.15, 0.2) is 12.1 Å². The van der Waals surface area contributed by atoms with Gasteiger partial charge in [0.05, 0.1) is 0 Å². The third kappa shape index (κ3) is 3.61. The lowest BCUT2D eigenvalue weighted by atomic mass is 10.1. The van der Waals surface area contributed by atoms with Crippen LogP contribution in [0, 0.1) is 17.5 Å². The molecule has 1 saturated heterocycles. The standard InChI is InChI=1S/C14H18F3NOS/c1-2-20-8-12(10-4-3-7-18-10)19-11-6-5-9(15)13(16)14(11)17/h5-6,10,12,18H,2-4,7-8H2,1H3. The molecule has 0 aromatic heterocycles. The lowest BCUT2D eigenvalue weighted by Gasteiger charge is -2.25. The second-order valence-electron chi connectivity index (χ2n) is 4.69. The predicted octanol–water partition coefficient (Wildman–Crippen LogP) is 3.36. The van der Waals surface area contributed by atoms with E-state index in [-0.39, 0.29) is 17.9 Å². The van der Waals surface area contributed by atoms with Crippen molar-refractivity contribution in [3.05, 3.63) is 29.6 Å². The van der Waals surface area contributed by atoms with E-state index in [0.717, 1.165) is 37.3 Å². The van der Waals surface area contributed by atoms with Crippen LogP contribution in [-0.2, 0) is 0 Å². The zero-order chi connectivity index (χ0) is 14.5. The number of rotatable bonds is 6. The van der Waals surface area contributed by atoms with Crippen molar-refractivity contribution in [3.8, 4) is 5.75 Å². The molecule has 2 rings (SSSR count). The van der Waals surface area contributed by atoms with Crippen molar-refractivity contribution in [1.82, 2.24) is 5.32 Å². The molecule has 0 aliphatic carbocycles. The summed E-state index contributed by atoms with van der Waals surface area (Å²) in [6.45, 7) is 2.93. The van der Waals surface area contributed by atoms with Gasteiger partial charge in [0.25, 0.3) is 0 Å². The zero-order valence-electron chi connectivity index (χ0n) is 11.3. The van der Waals surface area contributed by atoms with Crippen LogP contribution in [0.25, 0.3) is 0 Å². The lowest BCUT2D eigenvalue weighted by Crippen LogP contribution is -2.40. The molecule has 1 N–H and O–H groups in total. The Balaban J connectivity index is 2.12. The van der Waals surface area contributed by atoms with Crippen molar-refractivity contribution in [3.63, 3.8) is 0 Å². The summed E-state index contributed by atoms with van der Waals surface area (Å²) in [5.74, 6) is -2.55. The highest BCUT2D eigenvalue weighted by Gasteiger charge is 2.27. The summed E-state index contributed by atoms with van der Waals surface area (Å²) in [4.78, 5) is 0. The van der Waals surface area contributed by atoms with Gasteiger partial charge in [-0.15, -0.1) is 0 Å². The summed E-state index contributed by atoms with van der Waals surface area (Å²) in [6.07, 6.45) is 1.74. The minimum Gasteiger partial charge on any atom is -0.485 e. The third-order valence-corrected chi connectivity index (χ3v) is 4.28. The van der Waals surface area contributed by atoms with Gasteiger partial charge < -0.3 is 10.1 Å². The van der Waals surface area contributed by atoms with E-state index in [4.69, 9.17) is 4.74 Å². The van der Waals surface area contributed by atoms with E-state index in [0.29, 0.717) is 5.75 Å². The Kier molecular flexibility index (Phi) is 5.60. The molecule has 0 saturated carbocycles. The molecule has 1 aliphatic rings. The monoisotopic (exact) mass is 305 g/mol. The molecule has 2 atom stereocenters. The molecule has 1 heterocycles. The fourth-order valence-electron chi connectivity index (χ4n) is 2.26. The van der Waals surface area contributed by atoms with E-state index < -0.39 is 17.5 Å². The van der Waals surface area contributed by atoms with Crippen LogP contribution in [0.5, 0.6) is 5.75 Å².